The van der Waals surface area contributed by atoms with E-state index in [1.807, 2.05) is 12.1 Å². The highest BCUT2D eigenvalue weighted by molar-refractivity contribution is 6.49. The quantitative estimate of drug-likeness (QED) is 0.645. The summed E-state index contributed by atoms with van der Waals surface area (Å²) in [5.74, 6) is -5.34. The van der Waals surface area contributed by atoms with Crippen molar-refractivity contribution in [2.24, 2.45) is 11.3 Å². The molecule has 3 atom stereocenters. The lowest BCUT2D eigenvalue weighted by atomic mass is 9.52. The van der Waals surface area contributed by atoms with E-state index >= 15 is 0 Å². The molecule has 8 nitrogen and oxygen atoms in total. The van der Waals surface area contributed by atoms with Gasteiger partial charge in [0.15, 0.2) is 5.41 Å². The Balaban J connectivity index is 2.00. The molecular formula is C22H19Cl2N3O5. The topological polar surface area (TPSA) is 125 Å². The molecule has 1 aromatic heterocycles. The first-order valence-corrected chi connectivity index (χ1v) is 10.9. The van der Waals surface area contributed by atoms with Crippen LogP contribution in [0.5, 0.6) is 0 Å². The van der Waals surface area contributed by atoms with Gasteiger partial charge in [-0.05, 0) is 44.2 Å². The Hall–Kier alpha value is -2.78. The smallest absolute Gasteiger partial charge is 0.354 e. The van der Waals surface area contributed by atoms with Gasteiger partial charge in [-0.25, -0.2) is 9.59 Å². The first-order chi connectivity index (χ1) is 15.3. The van der Waals surface area contributed by atoms with Crippen molar-refractivity contribution in [2.75, 3.05) is 13.7 Å². The Morgan fingerprint density at radius 2 is 2.06 bits per heavy atom. The summed E-state index contributed by atoms with van der Waals surface area (Å²) in [6, 6.07) is 5.97. The largest absolute Gasteiger partial charge is 0.463 e. The van der Waals surface area contributed by atoms with Crippen molar-refractivity contribution in [3.63, 3.8) is 0 Å². The van der Waals surface area contributed by atoms with E-state index in [9.17, 15) is 20.1 Å². The highest BCUT2D eigenvalue weighted by atomic mass is 35.5. The van der Waals surface area contributed by atoms with E-state index < -0.39 is 39.1 Å². The number of aromatic nitrogens is 1. The van der Waals surface area contributed by atoms with Crippen LogP contribution in [0, 0.1) is 34.0 Å². The van der Waals surface area contributed by atoms with E-state index in [0.717, 1.165) is 44.1 Å². The molecule has 0 aromatic carbocycles. The minimum atomic E-state index is -2.27. The lowest BCUT2D eigenvalue weighted by Crippen LogP contribution is -2.61. The number of hydrogen-bond donors (Lipinski definition) is 1. The summed E-state index contributed by atoms with van der Waals surface area (Å²) in [4.78, 5) is 28.7. The Bertz CT molecular complexity index is 1150. The van der Waals surface area contributed by atoms with Crippen LogP contribution in [0.3, 0.4) is 0 Å². The van der Waals surface area contributed by atoms with Gasteiger partial charge in [0.05, 0.1) is 24.3 Å². The van der Waals surface area contributed by atoms with E-state index in [2.05, 4.69) is 11.1 Å². The van der Waals surface area contributed by atoms with Crippen LogP contribution < -0.4 is 0 Å². The zero-order valence-electron chi connectivity index (χ0n) is 17.4. The van der Waals surface area contributed by atoms with Gasteiger partial charge in [0, 0.05) is 24.1 Å². The van der Waals surface area contributed by atoms with Crippen LogP contribution in [-0.4, -0.2) is 36.4 Å². The molecule has 0 spiro atoms. The Morgan fingerprint density at radius 1 is 1.34 bits per heavy atom. The normalized spacial score (nSPS) is 29.1. The second-order valence-corrected chi connectivity index (χ2v) is 8.48. The van der Waals surface area contributed by atoms with Crippen molar-refractivity contribution in [3.05, 3.63) is 38.7 Å². The molecule has 0 saturated heterocycles. The number of cyclic esters (lactones) is 1. The molecule has 0 radical (unpaired) electrons. The number of methoxy groups -OCH3 is 1. The molecule has 2 aliphatic carbocycles. The standard InChI is InChI=1S/C22H19Cl2N3O5/c1-3-31-19(28)16-15(14-8-11-6-4-5-7-13(11)27-14)12(9-25)21(16,10-26)22(30-2)18(24)17(23)20(29)32-22/h8,12,27H,3-7H2,1-2H3. The number of carbonyl (C=O) groups excluding carboxylic acids is 2. The van der Waals surface area contributed by atoms with E-state index in [-0.39, 0.29) is 12.2 Å². The van der Waals surface area contributed by atoms with E-state index in [1.165, 1.54) is 0 Å². The van der Waals surface area contributed by atoms with Crippen molar-refractivity contribution in [2.45, 2.75) is 38.4 Å². The molecule has 3 unspecified atom stereocenters. The maximum atomic E-state index is 13.1. The summed E-state index contributed by atoms with van der Waals surface area (Å²) >= 11 is 12.3. The molecule has 32 heavy (non-hydrogen) atoms. The minimum absolute atomic E-state index is 0.0274. The van der Waals surface area contributed by atoms with Gasteiger partial charge in [0.1, 0.15) is 16.0 Å². The van der Waals surface area contributed by atoms with E-state index in [4.69, 9.17) is 37.4 Å². The second-order valence-electron chi connectivity index (χ2n) is 7.72. The number of halogens is 2. The third kappa shape index (κ3) is 2.70. The summed E-state index contributed by atoms with van der Waals surface area (Å²) in [5.41, 5.74) is 0.727. The summed E-state index contributed by atoms with van der Waals surface area (Å²) in [6.07, 6.45) is 3.79. The van der Waals surface area contributed by atoms with Gasteiger partial charge in [0.25, 0.3) is 5.79 Å². The van der Waals surface area contributed by atoms with Gasteiger partial charge in [-0.2, -0.15) is 10.5 Å². The van der Waals surface area contributed by atoms with Crippen molar-refractivity contribution in [3.8, 4) is 12.1 Å². The predicted molar refractivity (Wildman–Crippen MR) is 113 cm³/mol. The molecule has 4 rings (SSSR count). The third-order valence-electron chi connectivity index (χ3n) is 6.28. The van der Waals surface area contributed by atoms with Crippen LogP contribution in [0.2, 0.25) is 0 Å². The predicted octanol–water partition coefficient (Wildman–Crippen LogP) is 3.46. The maximum absolute atomic E-state index is 13.1. The second kappa shape index (κ2) is 7.97. The van der Waals surface area contributed by atoms with Gasteiger partial charge in [-0.1, -0.05) is 23.2 Å². The molecule has 0 amide bonds. The molecule has 1 aliphatic heterocycles. The van der Waals surface area contributed by atoms with Crippen molar-refractivity contribution in [1.82, 2.24) is 4.98 Å². The van der Waals surface area contributed by atoms with Crippen molar-refractivity contribution < 1.29 is 23.8 Å². The first-order valence-electron chi connectivity index (χ1n) is 10.1. The zero-order chi connectivity index (χ0) is 23.3. The van der Waals surface area contributed by atoms with Crippen molar-refractivity contribution in [1.29, 1.82) is 10.5 Å². The maximum Gasteiger partial charge on any atom is 0.354 e. The van der Waals surface area contributed by atoms with Crippen LogP contribution in [0.4, 0.5) is 0 Å². The van der Waals surface area contributed by atoms with Crippen LogP contribution in [0.15, 0.2) is 21.7 Å². The van der Waals surface area contributed by atoms with Gasteiger partial charge >= 0.3 is 11.9 Å². The number of H-pyrrole nitrogens is 1. The van der Waals surface area contributed by atoms with Crippen LogP contribution in [0.1, 0.15) is 36.7 Å². The number of rotatable bonds is 5. The number of hydrogen-bond acceptors (Lipinski definition) is 7. The van der Waals surface area contributed by atoms with E-state index in [1.54, 1.807) is 6.92 Å². The molecule has 0 bridgehead atoms. The molecule has 1 N–H and O–H groups in total. The molecule has 0 saturated carbocycles. The Labute approximate surface area is 194 Å². The fourth-order valence-corrected chi connectivity index (χ4v) is 5.37. The number of aryl methyl sites for hydroxylation is 2. The number of carbonyl (C=O) groups is 2. The highest BCUT2D eigenvalue weighted by Crippen LogP contribution is 2.66. The average Bonchev–Trinajstić information content (AvgIpc) is 3.29. The molecule has 10 heteroatoms. The number of ether oxygens (including phenoxy) is 3. The minimum Gasteiger partial charge on any atom is -0.463 e. The summed E-state index contributed by atoms with van der Waals surface area (Å²) in [5, 5.41) is 19.6. The molecule has 166 valence electrons. The number of nitrogens with zero attached hydrogens (tertiary/aromatic N) is 2. The van der Waals surface area contributed by atoms with Gasteiger partial charge < -0.3 is 19.2 Å². The lowest BCUT2D eigenvalue weighted by molar-refractivity contribution is -0.227. The zero-order valence-corrected chi connectivity index (χ0v) is 18.9. The fraction of sp³-hybridized carbons (Fsp3) is 0.455. The van der Waals surface area contributed by atoms with Crippen LogP contribution in [0.25, 0.3) is 5.57 Å². The van der Waals surface area contributed by atoms with Crippen molar-refractivity contribution >= 4 is 40.7 Å². The Kier molecular flexibility index (Phi) is 5.58. The summed E-state index contributed by atoms with van der Waals surface area (Å²) in [6.45, 7) is 1.64. The van der Waals surface area contributed by atoms with Crippen LogP contribution in [-0.2, 0) is 36.6 Å². The monoisotopic (exact) mass is 475 g/mol. The molecule has 0 fully saturated rings. The molecule has 2 heterocycles. The molecule has 1 aromatic rings. The highest BCUT2D eigenvalue weighted by Gasteiger charge is 2.75. The van der Waals surface area contributed by atoms with Gasteiger partial charge in [0.2, 0.25) is 0 Å². The summed E-state index contributed by atoms with van der Waals surface area (Å²) < 4.78 is 16.0. The van der Waals surface area contributed by atoms with E-state index in [0.29, 0.717) is 11.3 Å². The number of allylic oxidation sites excluding steroid dienone is 1. The number of nitrogens with one attached hydrogen (secondary N) is 1. The van der Waals surface area contributed by atoms with Gasteiger partial charge in [-0.15, -0.1) is 0 Å². The average molecular weight is 476 g/mol. The molecule has 3 aliphatic rings. The number of esters is 2. The first kappa shape index (κ1) is 22.4. The van der Waals surface area contributed by atoms with Gasteiger partial charge in [-0.3, -0.25) is 0 Å². The van der Waals surface area contributed by atoms with Crippen LogP contribution >= 0.6 is 23.2 Å². The number of aromatic amines is 1. The SMILES string of the molecule is CCOC(=O)C1=C(c2cc3c([nH]2)CCCC3)C(C#N)C1(C#N)C1(OC)OC(=O)C(Cl)=C1Cl. The molecular weight excluding hydrogens is 457 g/mol. The Morgan fingerprint density at radius 3 is 2.59 bits per heavy atom. The number of fused-ring (bicyclic) bond motifs is 1. The summed E-state index contributed by atoms with van der Waals surface area (Å²) in [7, 11) is 1.16. The third-order valence-corrected chi connectivity index (χ3v) is 7.16. The lowest BCUT2D eigenvalue weighted by Gasteiger charge is -2.50. The fourth-order valence-electron chi connectivity index (χ4n) is 4.86. The number of nitriles is 2.